The van der Waals surface area contributed by atoms with Gasteiger partial charge in [0.05, 0.1) is 6.10 Å². The molecule has 6 nitrogen and oxygen atoms in total. The average Bonchev–Trinajstić information content (AvgIpc) is 2.52. The SMILES string of the molecule is CCC(OC1CCCC(C)C1)C(=O)N1CCC(O)(C(=O)O)CC1. The molecule has 0 spiro atoms. The van der Waals surface area contributed by atoms with Crippen LogP contribution in [0.15, 0.2) is 0 Å². The van der Waals surface area contributed by atoms with Crippen LogP contribution in [0.2, 0.25) is 0 Å². The quantitative estimate of drug-likeness (QED) is 0.804. The van der Waals surface area contributed by atoms with Crippen molar-refractivity contribution in [3.8, 4) is 0 Å². The van der Waals surface area contributed by atoms with Gasteiger partial charge in [0.1, 0.15) is 6.10 Å². The number of amides is 1. The summed E-state index contributed by atoms with van der Waals surface area (Å²) in [5.74, 6) is -0.635. The number of likely N-dealkylation sites (tertiary alicyclic amines) is 1. The van der Waals surface area contributed by atoms with Crippen molar-refractivity contribution in [3.05, 3.63) is 0 Å². The van der Waals surface area contributed by atoms with Crippen LogP contribution in [0.1, 0.15) is 58.8 Å². The summed E-state index contributed by atoms with van der Waals surface area (Å²) in [7, 11) is 0. The van der Waals surface area contributed by atoms with E-state index in [2.05, 4.69) is 6.92 Å². The van der Waals surface area contributed by atoms with E-state index in [0.717, 1.165) is 19.3 Å². The molecule has 6 heteroatoms. The predicted octanol–water partition coefficient (Wildman–Crippen LogP) is 1.80. The van der Waals surface area contributed by atoms with Crippen LogP contribution in [-0.4, -0.2) is 57.9 Å². The molecular formula is C17H29NO5. The first-order chi connectivity index (χ1) is 10.9. The van der Waals surface area contributed by atoms with Gasteiger partial charge in [0, 0.05) is 25.9 Å². The van der Waals surface area contributed by atoms with Crippen LogP contribution in [0, 0.1) is 5.92 Å². The number of rotatable bonds is 5. The molecule has 1 heterocycles. The zero-order chi connectivity index (χ0) is 17.0. The van der Waals surface area contributed by atoms with Gasteiger partial charge in [-0.3, -0.25) is 4.79 Å². The lowest BCUT2D eigenvalue weighted by atomic mass is 9.88. The molecule has 1 saturated heterocycles. The third-order valence-electron chi connectivity index (χ3n) is 5.19. The Bertz CT molecular complexity index is 431. The fraction of sp³-hybridized carbons (Fsp3) is 0.882. The number of nitrogens with zero attached hydrogens (tertiary/aromatic N) is 1. The van der Waals surface area contributed by atoms with Gasteiger partial charge in [0.25, 0.3) is 5.91 Å². The second-order valence-electron chi connectivity index (χ2n) is 7.09. The first-order valence-electron chi connectivity index (χ1n) is 8.75. The summed E-state index contributed by atoms with van der Waals surface area (Å²) in [6.07, 6.45) is 4.83. The highest BCUT2D eigenvalue weighted by Crippen LogP contribution is 2.28. The third-order valence-corrected chi connectivity index (χ3v) is 5.19. The second-order valence-corrected chi connectivity index (χ2v) is 7.09. The average molecular weight is 327 g/mol. The van der Waals surface area contributed by atoms with E-state index in [-0.39, 0.29) is 37.9 Å². The summed E-state index contributed by atoms with van der Waals surface area (Å²) in [5, 5.41) is 19.0. The smallest absolute Gasteiger partial charge is 0.335 e. The maximum absolute atomic E-state index is 12.6. The van der Waals surface area contributed by atoms with E-state index >= 15 is 0 Å². The number of carbonyl (C=O) groups excluding carboxylic acids is 1. The van der Waals surface area contributed by atoms with E-state index in [1.165, 1.54) is 6.42 Å². The fourth-order valence-corrected chi connectivity index (χ4v) is 3.58. The number of aliphatic carboxylic acids is 1. The van der Waals surface area contributed by atoms with E-state index in [9.17, 15) is 14.7 Å². The molecule has 132 valence electrons. The summed E-state index contributed by atoms with van der Waals surface area (Å²) < 4.78 is 6.06. The molecule has 2 aliphatic rings. The first kappa shape index (κ1) is 18.2. The third kappa shape index (κ3) is 4.44. The molecule has 3 unspecified atom stereocenters. The molecule has 1 amide bonds. The van der Waals surface area contributed by atoms with Crippen molar-refractivity contribution in [2.75, 3.05) is 13.1 Å². The lowest BCUT2D eigenvalue weighted by Gasteiger charge is -2.37. The minimum absolute atomic E-state index is 0.0711. The van der Waals surface area contributed by atoms with Gasteiger partial charge in [-0.05, 0) is 25.2 Å². The Kier molecular flexibility index (Phi) is 6.03. The first-order valence-corrected chi connectivity index (χ1v) is 8.75. The van der Waals surface area contributed by atoms with Gasteiger partial charge in [0.2, 0.25) is 0 Å². The van der Waals surface area contributed by atoms with Gasteiger partial charge in [-0.15, -0.1) is 0 Å². The molecule has 1 aliphatic carbocycles. The predicted molar refractivity (Wildman–Crippen MR) is 85.0 cm³/mol. The van der Waals surface area contributed by atoms with E-state index in [4.69, 9.17) is 9.84 Å². The second kappa shape index (κ2) is 7.62. The number of ether oxygens (including phenoxy) is 1. The molecule has 3 atom stereocenters. The molecule has 0 aromatic rings. The molecule has 0 radical (unpaired) electrons. The minimum Gasteiger partial charge on any atom is -0.479 e. The fourth-order valence-electron chi connectivity index (χ4n) is 3.58. The molecule has 0 bridgehead atoms. The normalized spacial score (nSPS) is 29.1. The number of aliphatic hydroxyl groups is 1. The Balaban J connectivity index is 1.89. The Morgan fingerprint density at radius 1 is 1.30 bits per heavy atom. The number of carboxylic acids is 1. The van der Waals surface area contributed by atoms with Crippen LogP contribution in [0.25, 0.3) is 0 Å². The Morgan fingerprint density at radius 2 is 1.96 bits per heavy atom. The highest BCUT2D eigenvalue weighted by molar-refractivity contribution is 5.82. The van der Waals surface area contributed by atoms with Gasteiger partial charge < -0.3 is 19.8 Å². The lowest BCUT2D eigenvalue weighted by molar-refractivity contribution is -0.168. The number of hydrogen-bond donors (Lipinski definition) is 2. The molecule has 2 fully saturated rings. The molecule has 0 aromatic heterocycles. The van der Waals surface area contributed by atoms with E-state index < -0.39 is 17.7 Å². The molecule has 1 aliphatic heterocycles. The van der Waals surface area contributed by atoms with E-state index in [1.807, 2.05) is 6.92 Å². The highest BCUT2D eigenvalue weighted by Gasteiger charge is 2.41. The van der Waals surface area contributed by atoms with Crippen LogP contribution in [0.4, 0.5) is 0 Å². The van der Waals surface area contributed by atoms with Crippen molar-refractivity contribution in [2.45, 2.75) is 76.6 Å². The van der Waals surface area contributed by atoms with E-state index in [1.54, 1.807) is 4.90 Å². The minimum atomic E-state index is -1.70. The molecule has 2 N–H and O–H groups in total. The van der Waals surface area contributed by atoms with Crippen LogP contribution < -0.4 is 0 Å². The van der Waals surface area contributed by atoms with Crippen LogP contribution in [-0.2, 0) is 14.3 Å². The summed E-state index contributed by atoms with van der Waals surface area (Å²) in [4.78, 5) is 25.3. The van der Waals surface area contributed by atoms with Crippen LogP contribution >= 0.6 is 0 Å². The van der Waals surface area contributed by atoms with Gasteiger partial charge in [0.15, 0.2) is 5.60 Å². The topological polar surface area (TPSA) is 87.1 Å². The van der Waals surface area contributed by atoms with Crippen molar-refractivity contribution in [3.63, 3.8) is 0 Å². The van der Waals surface area contributed by atoms with Crippen LogP contribution in [0.5, 0.6) is 0 Å². The maximum atomic E-state index is 12.6. The molecular weight excluding hydrogens is 298 g/mol. The molecule has 23 heavy (non-hydrogen) atoms. The van der Waals surface area contributed by atoms with Gasteiger partial charge in [-0.25, -0.2) is 4.79 Å². The van der Waals surface area contributed by atoms with Gasteiger partial charge >= 0.3 is 5.97 Å². The summed E-state index contributed by atoms with van der Waals surface area (Å²) >= 11 is 0. The Labute approximate surface area is 137 Å². The van der Waals surface area contributed by atoms with Crippen molar-refractivity contribution in [1.29, 1.82) is 0 Å². The van der Waals surface area contributed by atoms with Gasteiger partial charge in [-0.1, -0.05) is 26.7 Å². The largest absolute Gasteiger partial charge is 0.479 e. The summed E-state index contributed by atoms with van der Waals surface area (Å²) in [5.41, 5.74) is -1.70. The number of carbonyl (C=O) groups is 2. The number of piperidine rings is 1. The van der Waals surface area contributed by atoms with Crippen molar-refractivity contribution < 1.29 is 24.5 Å². The van der Waals surface area contributed by atoms with E-state index in [0.29, 0.717) is 12.3 Å². The highest BCUT2D eigenvalue weighted by atomic mass is 16.5. The number of carboxylic acid groups (broad SMARTS) is 1. The molecule has 2 rings (SSSR count). The van der Waals surface area contributed by atoms with Gasteiger partial charge in [-0.2, -0.15) is 0 Å². The van der Waals surface area contributed by atoms with Crippen molar-refractivity contribution in [1.82, 2.24) is 4.90 Å². The monoisotopic (exact) mass is 327 g/mol. The molecule has 0 aromatic carbocycles. The van der Waals surface area contributed by atoms with Crippen molar-refractivity contribution in [2.24, 2.45) is 5.92 Å². The summed E-state index contributed by atoms with van der Waals surface area (Å²) in [6, 6.07) is 0. The van der Waals surface area contributed by atoms with Crippen LogP contribution in [0.3, 0.4) is 0 Å². The lowest BCUT2D eigenvalue weighted by Crippen LogP contribution is -2.53. The maximum Gasteiger partial charge on any atom is 0.335 e. The Morgan fingerprint density at radius 3 is 2.48 bits per heavy atom. The number of hydrogen-bond acceptors (Lipinski definition) is 4. The Hall–Kier alpha value is -1.14. The molecule has 1 saturated carbocycles. The standard InChI is InChI=1S/C17H29NO5/c1-3-14(23-13-6-4-5-12(2)11-13)15(19)18-9-7-17(22,8-10-18)16(20)21/h12-14,22H,3-11H2,1-2H3,(H,20,21). The summed E-state index contributed by atoms with van der Waals surface area (Å²) in [6.45, 7) is 4.69. The zero-order valence-electron chi connectivity index (χ0n) is 14.2. The zero-order valence-corrected chi connectivity index (χ0v) is 14.2. The van der Waals surface area contributed by atoms with Crippen molar-refractivity contribution >= 4 is 11.9 Å².